The summed E-state index contributed by atoms with van der Waals surface area (Å²) in [7, 11) is 0. The number of aliphatic hydroxyl groups excluding tert-OH is 2. The topological polar surface area (TPSA) is 138 Å². The number of carbonyl (C=O) groups is 3. The third kappa shape index (κ3) is 8.51. The highest BCUT2D eigenvalue weighted by molar-refractivity contribution is 6.06. The standard InChI is InChI=1S/C42H45N3O8/c1-27-37(24-44-20-19-34(47)23-44)52-41(53-39(27)31-13-11-28(25-46)12-14-31)32-17-15-30(16-18-32)35-10-6-5-9-33(35)22-45-38(48)21-36(40(45)49)43-42(50)51-26-29-7-3-2-4-8-29/h2-18,27,34,36-37,39,41,46-47H,19-26H2,1H3,(H,43,50)/t27-,34-,36?,37+,39+,41+/m0/s1. The summed E-state index contributed by atoms with van der Waals surface area (Å²) in [5, 5.41) is 22.3. The highest BCUT2D eigenvalue weighted by atomic mass is 16.7. The maximum Gasteiger partial charge on any atom is 0.408 e. The van der Waals surface area contributed by atoms with Gasteiger partial charge in [-0.2, -0.15) is 0 Å². The number of hydrogen-bond donors (Lipinski definition) is 3. The fourth-order valence-electron chi connectivity index (χ4n) is 7.36. The molecule has 11 nitrogen and oxygen atoms in total. The first-order chi connectivity index (χ1) is 25.7. The summed E-state index contributed by atoms with van der Waals surface area (Å²) in [4.78, 5) is 42.2. The number of amides is 3. The molecule has 3 aliphatic rings. The first-order valence-corrected chi connectivity index (χ1v) is 18.2. The molecule has 3 fully saturated rings. The molecule has 3 saturated heterocycles. The normalized spacial score (nSPS) is 24.8. The van der Waals surface area contributed by atoms with Gasteiger partial charge in [-0.1, -0.05) is 110 Å². The van der Waals surface area contributed by atoms with Crippen LogP contribution < -0.4 is 5.32 Å². The van der Waals surface area contributed by atoms with E-state index in [1.165, 1.54) is 4.90 Å². The van der Waals surface area contributed by atoms with E-state index in [0.29, 0.717) is 13.1 Å². The number of β-amino-alcohol motifs (C(OH)–C–C–N with tert-alkyl or cyclic N) is 1. The highest BCUT2D eigenvalue weighted by Crippen LogP contribution is 2.42. The van der Waals surface area contributed by atoms with Gasteiger partial charge < -0.3 is 29.7 Å². The lowest BCUT2D eigenvalue weighted by molar-refractivity contribution is -0.276. The second kappa shape index (κ2) is 16.4. The molecule has 3 aliphatic heterocycles. The number of imide groups is 1. The zero-order valence-corrected chi connectivity index (χ0v) is 29.7. The number of nitrogens with zero attached hydrogens (tertiary/aromatic N) is 2. The minimum absolute atomic E-state index is 0.0286. The molecule has 0 saturated carbocycles. The molecule has 7 rings (SSSR count). The van der Waals surface area contributed by atoms with Crippen LogP contribution in [0.5, 0.6) is 0 Å². The molecule has 0 aromatic heterocycles. The fourth-order valence-corrected chi connectivity index (χ4v) is 7.36. The summed E-state index contributed by atoms with van der Waals surface area (Å²) in [5.41, 5.74) is 6.04. The Labute approximate surface area is 309 Å². The third-order valence-corrected chi connectivity index (χ3v) is 10.4. The number of benzene rings is 4. The summed E-state index contributed by atoms with van der Waals surface area (Å²) < 4.78 is 18.5. The van der Waals surface area contributed by atoms with Gasteiger partial charge in [0.25, 0.3) is 5.91 Å². The maximum atomic E-state index is 13.3. The molecule has 0 bridgehead atoms. The lowest BCUT2D eigenvalue weighted by Gasteiger charge is -2.42. The monoisotopic (exact) mass is 719 g/mol. The van der Waals surface area contributed by atoms with Crippen molar-refractivity contribution in [3.63, 3.8) is 0 Å². The Morgan fingerprint density at radius 3 is 2.32 bits per heavy atom. The van der Waals surface area contributed by atoms with Crippen molar-refractivity contribution in [1.29, 1.82) is 0 Å². The van der Waals surface area contributed by atoms with E-state index in [-0.39, 0.29) is 56.3 Å². The van der Waals surface area contributed by atoms with Crippen molar-refractivity contribution in [3.8, 4) is 11.1 Å². The van der Waals surface area contributed by atoms with Crippen LogP contribution in [0.15, 0.2) is 103 Å². The second-order valence-corrected chi connectivity index (χ2v) is 14.1. The van der Waals surface area contributed by atoms with Crippen LogP contribution in [-0.4, -0.2) is 75.8 Å². The smallest absolute Gasteiger partial charge is 0.408 e. The van der Waals surface area contributed by atoms with Crippen LogP contribution in [0.4, 0.5) is 4.79 Å². The molecule has 11 heteroatoms. The van der Waals surface area contributed by atoms with Gasteiger partial charge >= 0.3 is 6.09 Å². The van der Waals surface area contributed by atoms with Crippen LogP contribution in [0, 0.1) is 5.92 Å². The average Bonchev–Trinajstić information content (AvgIpc) is 3.72. The zero-order chi connectivity index (χ0) is 36.9. The van der Waals surface area contributed by atoms with Crippen LogP contribution in [-0.2, 0) is 43.6 Å². The van der Waals surface area contributed by atoms with Crippen LogP contribution in [0.3, 0.4) is 0 Å². The van der Waals surface area contributed by atoms with Crippen molar-refractivity contribution in [2.24, 2.45) is 5.92 Å². The summed E-state index contributed by atoms with van der Waals surface area (Å²) in [5.74, 6) is -0.815. The van der Waals surface area contributed by atoms with Crippen LogP contribution in [0.25, 0.3) is 11.1 Å². The Hall–Kier alpha value is -4.91. The van der Waals surface area contributed by atoms with Crippen molar-refractivity contribution < 1.29 is 38.8 Å². The molecule has 4 aromatic rings. The van der Waals surface area contributed by atoms with E-state index in [1.54, 1.807) is 0 Å². The molecule has 1 unspecified atom stereocenters. The van der Waals surface area contributed by atoms with E-state index in [2.05, 4.69) is 17.1 Å². The molecule has 6 atom stereocenters. The predicted octanol–water partition coefficient (Wildman–Crippen LogP) is 5.26. The molecular weight excluding hydrogens is 674 g/mol. The van der Waals surface area contributed by atoms with Gasteiger partial charge in [0.1, 0.15) is 12.6 Å². The Kier molecular flexibility index (Phi) is 11.3. The fraction of sp³-hybridized carbons (Fsp3) is 0.357. The first kappa shape index (κ1) is 36.4. The molecule has 3 heterocycles. The van der Waals surface area contributed by atoms with Crippen LogP contribution >= 0.6 is 0 Å². The number of hydrogen-bond acceptors (Lipinski definition) is 9. The first-order valence-electron chi connectivity index (χ1n) is 18.2. The van der Waals surface area contributed by atoms with Gasteiger partial charge in [-0.15, -0.1) is 0 Å². The molecule has 3 N–H and O–H groups in total. The summed E-state index contributed by atoms with van der Waals surface area (Å²) in [6.45, 7) is 4.32. The minimum Gasteiger partial charge on any atom is -0.445 e. The molecular formula is C42H45N3O8. The minimum atomic E-state index is -0.994. The van der Waals surface area contributed by atoms with Crippen LogP contribution in [0.2, 0.25) is 0 Å². The van der Waals surface area contributed by atoms with Gasteiger partial charge in [0.2, 0.25) is 5.91 Å². The second-order valence-electron chi connectivity index (χ2n) is 14.1. The summed E-state index contributed by atoms with van der Waals surface area (Å²) >= 11 is 0. The highest BCUT2D eigenvalue weighted by Gasteiger charge is 2.41. The quantitative estimate of drug-likeness (QED) is 0.177. The lowest BCUT2D eigenvalue weighted by Crippen LogP contribution is -2.44. The number of alkyl carbamates (subject to hydrolysis) is 1. The van der Waals surface area contributed by atoms with E-state index in [0.717, 1.165) is 51.9 Å². The average molecular weight is 720 g/mol. The molecule has 53 heavy (non-hydrogen) atoms. The number of rotatable bonds is 11. The van der Waals surface area contributed by atoms with Gasteiger partial charge in [-0.3, -0.25) is 19.4 Å². The number of aliphatic hydroxyl groups is 2. The van der Waals surface area contributed by atoms with Gasteiger partial charge in [0, 0.05) is 31.1 Å². The Bertz CT molecular complexity index is 1890. The van der Waals surface area contributed by atoms with Gasteiger partial charge in [0.15, 0.2) is 6.29 Å². The Balaban J connectivity index is 1.04. The van der Waals surface area contributed by atoms with Crippen molar-refractivity contribution in [2.45, 2.75) is 70.2 Å². The van der Waals surface area contributed by atoms with Crippen molar-refractivity contribution in [2.75, 3.05) is 19.6 Å². The molecule has 3 amide bonds. The maximum absolute atomic E-state index is 13.3. The van der Waals surface area contributed by atoms with Crippen molar-refractivity contribution in [3.05, 3.63) is 131 Å². The van der Waals surface area contributed by atoms with E-state index in [1.807, 2.05) is 103 Å². The van der Waals surface area contributed by atoms with Gasteiger partial charge in [-0.25, -0.2) is 4.79 Å². The Morgan fingerprint density at radius 1 is 0.887 bits per heavy atom. The summed E-state index contributed by atoms with van der Waals surface area (Å²) in [6.07, 6.45) is -1.51. The van der Waals surface area contributed by atoms with E-state index in [9.17, 15) is 24.6 Å². The lowest BCUT2D eigenvalue weighted by atomic mass is 9.90. The van der Waals surface area contributed by atoms with E-state index >= 15 is 0 Å². The number of ether oxygens (including phenoxy) is 3. The number of likely N-dealkylation sites (tertiary alicyclic amines) is 2. The number of nitrogens with one attached hydrogen (secondary N) is 1. The zero-order valence-electron chi connectivity index (χ0n) is 29.7. The number of carbonyl (C=O) groups excluding carboxylic acids is 3. The van der Waals surface area contributed by atoms with E-state index in [4.69, 9.17) is 14.2 Å². The van der Waals surface area contributed by atoms with Crippen molar-refractivity contribution >= 4 is 17.9 Å². The van der Waals surface area contributed by atoms with Gasteiger partial charge in [0.05, 0.1) is 37.9 Å². The van der Waals surface area contributed by atoms with E-state index < -0.39 is 24.3 Å². The molecule has 0 radical (unpaired) electrons. The molecule has 0 spiro atoms. The third-order valence-electron chi connectivity index (χ3n) is 10.4. The Morgan fingerprint density at radius 2 is 1.60 bits per heavy atom. The van der Waals surface area contributed by atoms with Gasteiger partial charge in [-0.05, 0) is 39.8 Å². The van der Waals surface area contributed by atoms with Crippen LogP contribution in [0.1, 0.15) is 60.0 Å². The van der Waals surface area contributed by atoms with Crippen molar-refractivity contribution in [1.82, 2.24) is 15.1 Å². The predicted molar refractivity (Wildman–Crippen MR) is 196 cm³/mol. The summed E-state index contributed by atoms with van der Waals surface area (Å²) in [6, 6.07) is 31.6. The molecule has 276 valence electrons. The SMILES string of the molecule is C[C@H]1[C@@H](CN2CC[C@H](O)C2)O[C@@H](c2ccc(-c3ccccc3CN3C(=O)CC(NC(=O)OCc4ccccc4)C3=O)cc2)O[C@H]1c1ccc(CO)cc1. The molecule has 0 aliphatic carbocycles. The molecule has 4 aromatic carbocycles. The largest absolute Gasteiger partial charge is 0.445 e.